The average molecular weight is 163 g/mol. The molecule has 0 unspecified atom stereocenters. The van der Waals surface area contributed by atoms with Gasteiger partial charge >= 0.3 is 0 Å². The van der Waals surface area contributed by atoms with Crippen LogP contribution in [0.4, 0.5) is 0 Å². The van der Waals surface area contributed by atoms with Crippen LogP contribution in [0.15, 0.2) is 30.3 Å². The maximum Gasteiger partial charge on any atom is 0.133 e. The van der Waals surface area contributed by atoms with E-state index in [4.69, 9.17) is 0 Å². The van der Waals surface area contributed by atoms with Gasteiger partial charge in [-0.1, -0.05) is 30.3 Å². The van der Waals surface area contributed by atoms with Crippen molar-refractivity contribution in [1.82, 2.24) is 4.90 Å². The van der Waals surface area contributed by atoms with Crippen molar-refractivity contribution in [2.75, 3.05) is 13.6 Å². The Kier molecular flexibility index (Phi) is 3.48. The Hall–Kier alpha value is -1.15. The van der Waals surface area contributed by atoms with Crippen LogP contribution in [0.3, 0.4) is 0 Å². The fourth-order valence-electron chi connectivity index (χ4n) is 1.09. The average Bonchev–Trinajstić information content (AvgIpc) is 2.06. The minimum Gasteiger partial charge on any atom is -0.302 e. The van der Waals surface area contributed by atoms with Crippen LogP contribution < -0.4 is 0 Å². The summed E-state index contributed by atoms with van der Waals surface area (Å²) in [6.45, 7) is 1.33. The Balaban J connectivity index is 2.46. The largest absolute Gasteiger partial charge is 0.302 e. The third kappa shape index (κ3) is 2.84. The molecule has 0 radical (unpaired) electrons. The van der Waals surface area contributed by atoms with E-state index in [9.17, 15) is 4.79 Å². The summed E-state index contributed by atoms with van der Waals surface area (Å²) in [6, 6.07) is 10.1. The summed E-state index contributed by atoms with van der Waals surface area (Å²) in [6.07, 6.45) is 0.920. The van der Waals surface area contributed by atoms with Gasteiger partial charge in [0.1, 0.15) is 6.29 Å². The third-order valence-electron chi connectivity index (χ3n) is 1.68. The Bertz CT molecular complexity index is 233. The van der Waals surface area contributed by atoms with E-state index in [-0.39, 0.29) is 0 Å². The molecule has 1 rings (SSSR count). The van der Waals surface area contributed by atoms with E-state index in [1.54, 1.807) is 0 Å². The van der Waals surface area contributed by atoms with Crippen molar-refractivity contribution in [2.24, 2.45) is 0 Å². The van der Waals surface area contributed by atoms with Crippen molar-refractivity contribution < 1.29 is 4.79 Å². The smallest absolute Gasteiger partial charge is 0.133 e. The maximum atomic E-state index is 10.2. The molecule has 0 aliphatic heterocycles. The molecule has 0 heterocycles. The van der Waals surface area contributed by atoms with Crippen LogP contribution in [-0.2, 0) is 11.3 Å². The number of benzene rings is 1. The van der Waals surface area contributed by atoms with Crippen molar-refractivity contribution in [2.45, 2.75) is 6.54 Å². The molecule has 0 atom stereocenters. The number of hydrogen-bond acceptors (Lipinski definition) is 2. The predicted molar refractivity (Wildman–Crippen MR) is 48.8 cm³/mol. The van der Waals surface area contributed by atoms with Crippen LogP contribution in [0, 0.1) is 0 Å². The molecule has 1 aromatic rings. The lowest BCUT2D eigenvalue weighted by molar-refractivity contribution is -0.108. The van der Waals surface area contributed by atoms with E-state index in [1.165, 1.54) is 5.56 Å². The zero-order valence-corrected chi connectivity index (χ0v) is 7.23. The molecule has 0 aliphatic rings. The Morgan fingerprint density at radius 2 is 2.00 bits per heavy atom. The molecular weight excluding hydrogens is 150 g/mol. The molecule has 64 valence electrons. The van der Waals surface area contributed by atoms with Crippen LogP contribution in [-0.4, -0.2) is 24.8 Å². The van der Waals surface area contributed by atoms with E-state index in [2.05, 4.69) is 12.1 Å². The summed E-state index contributed by atoms with van der Waals surface area (Å²) < 4.78 is 0. The second-order valence-corrected chi connectivity index (χ2v) is 2.85. The van der Waals surface area contributed by atoms with Crippen molar-refractivity contribution in [3.05, 3.63) is 35.9 Å². The zero-order chi connectivity index (χ0) is 8.81. The van der Waals surface area contributed by atoms with Crippen LogP contribution in [0.25, 0.3) is 0 Å². The van der Waals surface area contributed by atoms with E-state index < -0.39 is 0 Å². The molecule has 0 aromatic heterocycles. The lowest BCUT2D eigenvalue weighted by Crippen LogP contribution is -2.19. The minimum atomic E-state index is 0.495. The Labute approximate surface area is 72.8 Å². The summed E-state index contributed by atoms with van der Waals surface area (Å²) in [4.78, 5) is 12.1. The molecule has 2 heteroatoms. The van der Waals surface area contributed by atoms with Gasteiger partial charge in [0.25, 0.3) is 0 Å². The number of likely N-dealkylation sites (N-methyl/N-ethyl adjacent to an activating group) is 1. The lowest BCUT2D eigenvalue weighted by Gasteiger charge is -2.12. The SMILES string of the molecule is CN(CC=O)Cc1ccccc1. The lowest BCUT2D eigenvalue weighted by atomic mass is 10.2. The van der Waals surface area contributed by atoms with Crippen LogP contribution in [0.5, 0.6) is 0 Å². The molecule has 0 saturated heterocycles. The number of nitrogens with zero attached hydrogens (tertiary/aromatic N) is 1. The van der Waals surface area contributed by atoms with Crippen molar-refractivity contribution in [3.63, 3.8) is 0 Å². The fourth-order valence-corrected chi connectivity index (χ4v) is 1.09. The molecule has 2 nitrogen and oxygen atoms in total. The first-order chi connectivity index (χ1) is 5.83. The summed E-state index contributed by atoms with van der Waals surface area (Å²) in [5.41, 5.74) is 1.24. The number of aldehydes is 1. The molecular formula is C10H13NO. The van der Waals surface area contributed by atoms with Gasteiger partial charge in [0.15, 0.2) is 0 Å². The number of carbonyl (C=O) groups excluding carboxylic acids is 1. The molecule has 1 aromatic carbocycles. The standard InChI is InChI=1S/C10H13NO/c1-11(7-8-12)9-10-5-3-2-4-6-10/h2-6,8H,7,9H2,1H3. The Morgan fingerprint density at radius 3 is 2.58 bits per heavy atom. The second-order valence-electron chi connectivity index (χ2n) is 2.85. The van der Waals surface area contributed by atoms with Gasteiger partial charge in [-0.3, -0.25) is 4.90 Å². The first kappa shape index (κ1) is 8.94. The van der Waals surface area contributed by atoms with Crippen LogP contribution >= 0.6 is 0 Å². The van der Waals surface area contributed by atoms with Crippen molar-refractivity contribution in [1.29, 1.82) is 0 Å². The quantitative estimate of drug-likeness (QED) is 0.624. The second kappa shape index (κ2) is 4.67. The molecule has 0 bridgehead atoms. The van der Waals surface area contributed by atoms with Gasteiger partial charge in [-0.2, -0.15) is 0 Å². The number of hydrogen-bond donors (Lipinski definition) is 0. The third-order valence-corrected chi connectivity index (χ3v) is 1.68. The highest BCUT2D eigenvalue weighted by Crippen LogP contribution is 2.00. The molecule has 0 amide bonds. The summed E-state index contributed by atoms with van der Waals surface area (Å²) in [7, 11) is 1.93. The van der Waals surface area contributed by atoms with Crippen LogP contribution in [0.1, 0.15) is 5.56 Å². The number of rotatable bonds is 4. The summed E-state index contributed by atoms with van der Waals surface area (Å²) in [5, 5.41) is 0. The topological polar surface area (TPSA) is 20.3 Å². The fraction of sp³-hybridized carbons (Fsp3) is 0.300. The highest BCUT2D eigenvalue weighted by atomic mass is 16.1. The van der Waals surface area contributed by atoms with E-state index in [0.717, 1.165) is 12.8 Å². The maximum absolute atomic E-state index is 10.2. The van der Waals surface area contributed by atoms with Gasteiger partial charge in [-0.05, 0) is 12.6 Å². The van der Waals surface area contributed by atoms with Crippen molar-refractivity contribution >= 4 is 6.29 Å². The highest BCUT2D eigenvalue weighted by molar-refractivity contribution is 5.51. The van der Waals surface area contributed by atoms with Gasteiger partial charge in [0.05, 0.1) is 6.54 Å². The van der Waals surface area contributed by atoms with Gasteiger partial charge in [0.2, 0.25) is 0 Å². The minimum absolute atomic E-state index is 0.495. The van der Waals surface area contributed by atoms with Gasteiger partial charge in [0, 0.05) is 6.54 Å². The Morgan fingerprint density at radius 1 is 1.33 bits per heavy atom. The molecule has 0 saturated carbocycles. The van der Waals surface area contributed by atoms with Crippen molar-refractivity contribution in [3.8, 4) is 0 Å². The van der Waals surface area contributed by atoms with Gasteiger partial charge < -0.3 is 4.79 Å². The van der Waals surface area contributed by atoms with E-state index >= 15 is 0 Å². The molecule has 0 spiro atoms. The molecule has 0 aliphatic carbocycles. The van der Waals surface area contributed by atoms with Gasteiger partial charge in [-0.15, -0.1) is 0 Å². The highest BCUT2D eigenvalue weighted by Gasteiger charge is 1.96. The first-order valence-corrected chi connectivity index (χ1v) is 3.99. The number of carbonyl (C=O) groups is 1. The molecule has 0 fully saturated rings. The summed E-state index contributed by atoms with van der Waals surface area (Å²) in [5.74, 6) is 0. The van der Waals surface area contributed by atoms with E-state index in [1.807, 2.05) is 30.1 Å². The molecule has 12 heavy (non-hydrogen) atoms. The monoisotopic (exact) mass is 163 g/mol. The summed E-state index contributed by atoms with van der Waals surface area (Å²) >= 11 is 0. The van der Waals surface area contributed by atoms with Gasteiger partial charge in [-0.25, -0.2) is 0 Å². The zero-order valence-electron chi connectivity index (χ0n) is 7.23. The van der Waals surface area contributed by atoms with E-state index in [0.29, 0.717) is 6.54 Å². The first-order valence-electron chi connectivity index (χ1n) is 3.99. The predicted octanol–water partition coefficient (Wildman–Crippen LogP) is 1.32. The normalized spacial score (nSPS) is 10.2. The molecule has 0 N–H and O–H groups in total. The van der Waals surface area contributed by atoms with Crippen LogP contribution in [0.2, 0.25) is 0 Å².